The van der Waals surface area contributed by atoms with Crippen LogP contribution >= 0.6 is 15.9 Å². The number of aromatic nitrogens is 3. The number of rotatable bonds is 5. The molecule has 0 amide bonds. The largest absolute Gasteiger partial charge is 0.399 e. The molecule has 1 unspecified atom stereocenters. The molecule has 31 heavy (non-hydrogen) atoms. The summed E-state index contributed by atoms with van der Waals surface area (Å²) < 4.78 is 13.3. The van der Waals surface area contributed by atoms with Gasteiger partial charge >= 0.3 is 0 Å². The maximum Gasteiger partial charge on any atom is 0.122 e. The number of anilines is 1. The lowest BCUT2D eigenvalue weighted by molar-refractivity contribution is 0.684. The van der Waals surface area contributed by atoms with Crippen molar-refractivity contribution in [1.82, 2.24) is 15.0 Å². The Morgan fingerprint density at radius 3 is 2.19 bits per heavy atom. The molecule has 6 nitrogen and oxygen atoms in total. The van der Waals surface area contributed by atoms with Crippen molar-refractivity contribution in [3.63, 3.8) is 0 Å². The van der Waals surface area contributed by atoms with Gasteiger partial charge in [-0.05, 0) is 60.5 Å². The van der Waals surface area contributed by atoms with Crippen LogP contribution in [-0.4, -0.2) is 19.2 Å². The van der Waals surface area contributed by atoms with E-state index in [9.17, 15) is 4.21 Å². The zero-order valence-electron chi connectivity index (χ0n) is 17.1. The van der Waals surface area contributed by atoms with Crippen molar-refractivity contribution in [3.8, 4) is 16.9 Å². The van der Waals surface area contributed by atoms with Crippen LogP contribution in [0.4, 0.5) is 5.69 Å². The minimum Gasteiger partial charge on any atom is -0.399 e. The SMILES string of the molecule is CCCc1ccc(-c2cn(-c3ccc(N)cc3)nn2)cc1.NS(=O)c1ccc(Br)cc1. The number of halogens is 1. The number of nitrogens with two attached hydrogens (primary N) is 2. The van der Waals surface area contributed by atoms with Crippen LogP contribution in [0.2, 0.25) is 0 Å². The molecule has 0 saturated heterocycles. The predicted octanol–water partition coefficient (Wildman–Crippen LogP) is 4.90. The average molecular weight is 498 g/mol. The van der Waals surface area contributed by atoms with Gasteiger partial charge in [0.1, 0.15) is 16.7 Å². The number of hydrogen-bond donors (Lipinski definition) is 2. The van der Waals surface area contributed by atoms with E-state index in [0.717, 1.165) is 39.9 Å². The maximum absolute atomic E-state index is 10.6. The van der Waals surface area contributed by atoms with E-state index in [1.807, 2.05) is 30.5 Å². The minimum absolute atomic E-state index is 0.642. The summed E-state index contributed by atoms with van der Waals surface area (Å²) in [5.41, 5.74) is 10.7. The molecule has 1 atom stereocenters. The van der Waals surface area contributed by atoms with Gasteiger partial charge in [-0.1, -0.05) is 58.8 Å². The van der Waals surface area contributed by atoms with Crippen LogP contribution in [0.5, 0.6) is 0 Å². The zero-order valence-corrected chi connectivity index (χ0v) is 19.5. The van der Waals surface area contributed by atoms with E-state index in [2.05, 4.69) is 57.4 Å². The molecular weight excluding hydrogens is 474 g/mol. The lowest BCUT2D eigenvalue weighted by atomic mass is 10.1. The second kappa shape index (κ2) is 11.0. The lowest BCUT2D eigenvalue weighted by Crippen LogP contribution is -2.01. The van der Waals surface area contributed by atoms with Crippen molar-refractivity contribution < 1.29 is 4.21 Å². The number of aryl methyl sites for hydroxylation is 1. The zero-order chi connectivity index (χ0) is 22.2. The second-order valence-electron chi connectivity index (χ2n) is 6.84. The predicted molar refractivity (Wildman–Crippen MR) is 130 cm³/mol. The molecule has 1 aromatic heterocycles. The third-order valence-electron chi connectivity index (χ3n) is 4.49. The summed E-state index contributed by atoms with van der Waals surface area (Å²) in [6, 6.07) is 23.1. The summed E-state index contributed by atoms with van der Waals surface area (Å²) >= 11 is 3.25. The first-order valence-corrected chi connectivity index (χ1v) is 11.8. The Bertz CT molecular complexity index is 1130. The fourth-order valence-electron chi connectivity index (χ4n) is 2.85. The highest BCUT2D eigenvalue weighted by Gasteiger charge is 2.05. The molecule has 0 radical (unpaired) electrons. The molecule has 0 spiro atoms. The van der Waals surface area contributed by atoms with E-state index < -0.39 is 11.0 Å². The first kappa shape index (κ1) is 22.9. The molecule has 0 fully saturated rings. The highest BCUT2D eigenvalue weighted by Crippen LogP contribution is 2.19. The second-order valence-corrected chi connectivity index (χ2v) is 8.82. The minimum atomic E-state index is -1.36. The summed E-state index contributed by atoms with van der Waals surface area (Å²) in [4.78, 5) is 0.642. The quantitative estimate of drug-likeness (QED) is 0.383. The van der Waals surface area contributed by atoms with Gasteiger partial charge < -0.3 is 5.73 Å². The lowest BCUT2D eigenvalue weighted by Gasteiger charge is -2.01. The van der Waals surface area contributed by atoms with E-state index in [1.54, 1.807) is 28.9 Å². The molecule has 0 aliphatic rings. The number of benzene rings is 3. The molecule has 4 N–H and O–H groups in total. The smallest absolute Gasteiger partial charge is 0.122 e. The van der Waals surface area contributed by atoms with E-state index in [1.165, 1.54) is 5.56 Å². The maximum atomic E-state index is 10.6. The summed E-state index contributed by atoms with van der Waals surface area (Å²) in [6.45, 7) is 2.19. The molecule has 4 aromatic rings. The molecule has 3 aromatic carbocycles. The van der Waals surface area contributed by atoms with Gasteiger partial charge in [0.25, 0.3) is 0 Å². The van der Waals surface area contributed by atoms with Crippen LogP contribution in [0, 0.1) is 0 Å². The summed E-state index contributed by atoms with van der Waals surface area (Å²) in [7, 11) is -1.36. The van der Waals surface area contributed by atoms with Crippen molar-refractivity contribution in [3.05, 3.63) is 89.0 Å². The number of nitrogen functional groups attached to an aromatic ring is 1. The first-order valence-electron chi connectivity index (χ1n) is 9.75. The van der Waals surface area contributed by atoms with Gasteiger partial charge in [-0.3, -0.25) is 0 Å². The summed E-state index contributed by atoms with van der Waals surface area (Å²) in [5.74, 6) is 0. The van der Waals surface area contributed by atoms with Gasteiger partial charge in [0.05, 0.1) is 16.8 Å². The average Bonchev–Trinajstić information content (AvgIpc) is 3.26. The van der Waals surface area contributed by atoms with Crippen molar-refractivity contribution in [1.29, 1.82) is 0 Å². The fraction of sp³-hybridized carbons (Fsp3) is 0.130. The van der Waals surface area contributed by atoms with Crippen molar-refractivity contribution in [2.75, 3.05) is 5.73 Å². The first-order chi connectivity index (χ1) is 15.0. The van der Waals surface area contributed by atoms with Crippen LogP contribution in [0.25, 0.3) is 16.9 Å². The van der Waals surface area contributed by atoms with E-state index in [4.69, 9.17) is 10.9 Å². The third kappa shape index (κ3) is 6.58. The molecule has 8 heteroatoms. The topological polar surface area (TPSA) is 99.8 Å². The van der Waals surface area contributed by atoms with Crippen molar-refractivity contribution in [2.24, 2.45) is 5.14 Å². The summed E-state index contributed by atoms with van der Waals surface area (Å²) in [5, 5.41) is 13.5. The molecule has 1 heterocycles. The highest BCUT2D eigenvalue weighted by molar-refractivity contribution is 9.10. The highest BCUT2D eigenvalue weighted by atomic mass is 79.9. The van der Waals surface area contributed by atoms with Crippen LogP contribution < -0.4 is 10.9 Å². The number of hydrogen-bond acceptors (Lipinski definition) is 4. The number of nitrogens with zero attached hydrogens (tertiary/aromatic N) is 3. The van der Waals surface area contributed by atoms with Crippen molar-refractivity contribution >= 4 is 32.6 Å². The van der Waals surface area contributed by atoms with Crippen LogP contribution in [0.3, 0.4) is 0 Å². The monoisotopic (exact) mass is 497 g/mol. The third-order valence-corrected chi connectivity index (χ3v) is 5.75. The van der Waals surface area contributed by atoms with Crippen LogP contribution in [0.15, 0.2) is 88.4 Å². The Kier molecular flexibility index (Phi) is 8.11. The standard InChI is InChI=1S/C17H18N4.C6H6BrNOS/c1-2-3-13-4-6-14(7-5-13)17-12-21(20-19-17)16-10-8-15(18)9-11-16;7-5-1-3-6(4-2-5)10(8)9/h4-12H,2-3,18H2,1H3;1-4H,8H2. The van der Waals surface area contributed by atoms with Gasteiger partial charge in [-0.25, -0.2) is 14.0 Å². The Morgan fingerprint density at radius 1 is 0.968 bits per heavy atom. The van der Waals surface area contributed by atoms with Crippen molar-refractivity contribution in [2.45, 2.75) is 24.7 Å². The molecule has 4 rings (SSSR count). The fourth-order valence-corrected chi connectivity index (χ4v) is 3.52. The van der Waals surface area contributed by atoms with Gasteiger partial charge in [-0.15, -0.1) is 5.10 Å². The Balaban J connectivity index is 0.000000229. The molecular formula is C23H24BrN5OS. The Morgan fingerprint density at radius 2 is 1.61 bits per heavy atom. The normalized spacial score (nSPS) is 11.5. The summed E-state index contributed by atoms with van der Waals surface area (Å²) in [6.07, 6.45) is 4.20. The van der Waals surface area contributed by atoms with Gasteiger partial charge in [-0.2, -0.15) is 0 Å². The molecule has 160 valence electrons. The van der Waals surface area contributed by atoms with Gasteiger partial charge in [0.2, 0.25) is 0 Å². The molecule has 0 bridgehead atoms. The van der Waals surface area contributed by atoms with Crippen LogP contribution in [-0.2, 0) is 17.4 Å². The van der Waals surface area contributed by atoms with Gasteiger partial charge in [0.15, 0.2) is 0 Å². The van der Waals surface area contributed by atoms with E-state index in [0.29, 0.717) is 4.90 Å². The molecule has 0 aliphatic heterocycles. The Hall–Kier alpha value is -2.81. The van der Waals surface area contributed by atoms with E-state index in [-0.39, 0.29) is 0 Å². The molecule has 0 aliphatic carbocycles. The van der Waals surface area contributed by atoms with Crippen LogP contribution in [0.1, 0.15) is 18.9 Å². The van der Waals surface area contributed by atoms with E-state index >= 15 is 0 Å². The molecule has 0 saturated carbocycles. The Labute approximate surface area is 193 Å². The van der Waals surface area contributed by atoms with Gasteiger partial charge in [0, 0.05) is 15.7 Å².